The smallest absolute Gasteiger partial charge is 0.182 e. The van der Waals surface area contributed by atoms with Crippen LogP contribution in [0.15, 0.2) is 24.7 Å². The van der Waals surface area contributed by atoms with Crippen LogP contribution in [0.1, 0.15) is 0 Å². The molecule has 4 N–H and O–H groups in total. The molecule has 0 bridgehead atoms. The summed E-state index contributed by atoms with van der Waals surface area (Å²) in [6.45, 7) is 0. The molecule has 0 radical (unpaired) electrons. The molecule has 0 aliphatic rings. The van der Waals surface area contributed by atoms with Gasteiger partial charge in [-0.1, -0.05) is 0 Å². The minimum atomic E-state index is 0.325. The summed E-state index contributed by atoms with van der Waals surface area (Å²) in [6, 6.07) is 3.18. The van der Waals surface area contributed by atoms with E-state index in [1.165, 1.54) is 12.4 Å². The molecule has 0 aliphatic heterocycles. The fourth-order valence-electron chi connectivity index (χ4n) is 1.02. The number of nitrogens with zero attached hydrogens (tertiary/aromatic N) is 4. The van der Waals surface area contributed by atoms with Gasteiger partial charge < -0.3 is 11.5 Å². The lowest BCUT2D eigenvalue weighted by molar-refractivity contribution is 1.11. The lowest BCUT2D eigenvalue weighted by Gasteiger charge is -2.00. The Morgan fingerprint density at radius 3 is 2.36 bits per heavy atom. The number of rotatable bonds is 1. The van der Waals surface area contributed by atoms with Crippen molar-refractivity contribution in [3.63, 3.8) is 0 Å². The number of anilines is 2. The molecule has 0 amide bonds. The third-order valence-corrected chi connectivity index (χ3v) is 1.58. The van der Waals surface area contributed by atoms with Gasteiger partial charge in [-0.05, 0) is 6.07 Å². The van der Waals surface area contributed by atoms with Crippen LogP contribution in [-0.4, -0.2) is 19.9 Å². The van der Waals surface area contributed by atoms with E-state index in [1.54, 1.807) is 12.3 Å². The Morgan fingerprint density at radius 1 is 1.07 bits per heavy atom. The summed E-state index contributed by atoms with van der Waals surface area (Å²) in [4.78, 5) is 15.8. The molecule has 0 aromatic carbocycles. The fraction of sp³-hybridized carbons (Fsp3) is 0. The number of hydrogen-bond donors (Lipinski definition) is 2. The Bertz CT molecular complexity index is 421. The summed E-state index contributed by atoms with van der Waals surface area (Å²) < 4.78 is 0. The highest BCUT2D eigenvalue weighted by atomic mass is 15.0. The zero-order valence-electron chi connectivity index (χ0n) is 7.25. The molecule has 14 heavy (non-hydrogen) atoms. The fourth-order valence-corrected chi connectivity index (χ4v) is 1.02. The summed E-state index contributed by atoms with van der Waals surface area (Å²) in [6.07, 6.45) is 3.02. The predicted octanol–water partition coefficient (Wildman–Crippen LogP) is 0.0980. The van der Waals surface area contributed by atoms with E-state index in [9.17, 15) is 0 Å². The molecule has 2 rings (SSSR count). The van der Waals surface area contributed by atoms with E-state index >= 15 is 0 Å². The average molecular weight is 188 g/mol. The van der Waals surface area contributed by atoms with Crippen LogP contribution in [0, 0.1) is 0 Å². The van der Waals surface area contributed by atoms with Crippen molar-refractivity contribution in [2.45, 2.75) is 0 Å². The molecule has 2 aromatic heterocycles. The first kappa shape index (κ1) is 8.36. The highest BCUT2D eigenvalue weighted by molar-refractivity contribution is 5.54. The van der Waals surface area contributed by atoms with Crippen LogP contribution < -0.4 is 11.5 Å². The van der Waals surface area contributed by atoms with Crippen LogP contribution in [0.5, 0.6) is 0 Å². The maximum atomic E-state index is 5.52. The van der Waals surface area contributed by atoms with E-state index in [2.05, 4.69) is 19.9 Å². The van der Waals surface area contributed by atoms with Crippen LogP contribution in [0.3, 0.4) is 0 Å². The molecule has 0 spiro atoms. The van der Waals surface area contributed by atoms with Crippen molar-refractivity contribution in [3.8, 4) is 11.5 Å². The molecule has 2 heterocycles. The lowest BCUT2D eigenvalue weighted by atomic mass is 10.3. The van der Waals surface area contributed by atoms with Crippen LogP contribution in [0.25, 0.3) is 11.5 Å². The van der Waals surface area contributed by atoms with E-state index in [4.69, 9.17) is 11.5 Å². The van der Waals surface area contributed by atoms with E-state index in [1.807, 2.05) is 0 Å². The first-order valence-corrected chi connectivity index (χ1v) is 3.92. The van der Waals surface area contributed by atoms with E-state index < -0.39 is 0 Å². The molecule has 6 nitrogen and oxygen atoms in total. The first-order valence-electron chi connectivity index (χ1n) is 3.92. The van der Waals surface area contributed by atoms with Crippen LogP contribution >= 0.6 is 0 Å². The van der Waals surface area contributed by atoms with Crippen molar-refractivity contribution in [3.05, 3.63) is 24.7 Å². The Kier molecular flexibility index (Phi) is 1.94. The van der Waals surface area contributed by atoms with Crippen molar-refractivity contribution >= 4 is 11.6 Å². The molecular weight excluding hydrogens is 180 g/mol. The Balaban J connectivity index is 2.52. The third kappa shape index (κ3) is 1.58. The maximum absolute atomic E-state index is 5.52. The largest absolute Gasteiger partial charge is 0.384 e. The van der Waals surface area contributed by atoms with Gasteiger partial charge in [-0.15, -0.1) is 0 Å². The molecule has 0 saturated heterocycles. The summed E-state index contributed by atoms with van der Waals surface area (Å²) in [7, 11) is 0. The summed E-state index contributed by atoms with van der Waals surface area (Å²) in [5, 5.41) is 0. The zero-order valence-corrected chi connectivity index (χ0v) is 7.25. The molecule has 0 atom stereocenters. The van der Waals surface area contributed by atoms with E-state index in [0.29, 0.717) is 23.2 Å². The SMILES string of the molecule is Nc1cc(N)nc(-c2ccncn2)n1. The van der Waals surface area contributed by atoms with Gasteiger partial charge in [0, 0.05) is 12.3 Å². The minimum absolute atomic E-state index is 0.325. The van der Waals surface area contributed by atoms with Gasteiger partial charge in [0.2, 0.25) is 0 Å². The maximum Gasteiger partial charge on any atom is 0.182 e. The van der Waals surface area contributed by atoms with Gasteiger partial charge in [-0.25, -0.2) is 19.9 Å². The molecule has 0 saturated carbocycles. The topological polar surface area (TPSA) is 104 Å². The van der Waals surface area contributed by atoms with E-state index in [0.717, 1.165) is 0 Å². The summed E-state index contributed by atoms with van der Waals surface area (Å²) in [5.41, 5.74) is 11.6. The van der Waals surface area contributed by atoms with Crippen molar-refractivity contribution < 1.29 is 0 Å². The zero-order chi connectivity index (χ0) is 9.97. The Labute approximate surface area is 80.0 Å². The van der Waals surface area contributed by atoms with Crippen LogP contribution in [-0.2, 0) is 0 Å². The van der Waals surface area contributed by atoms with Crippen LogP contribution in [0.4, 0.5) is 11.6 Å². The van der Waals surface area contributed by atoms with Crippen molar-refractivity contribution in [2.24, 2.45) is 0 Å². The van der Waals surface area contributed by atoms with E-state index in [-0.39, 0.29) is 0 Å². The first-order chi connectivity index (χ1) is 6.75. The van der Waals surface area contributed by atoms with Crippen LogP contribution in [0.2, 0.25) is 0 Å². The quantitative estimate of drug-likeness (QED) is 0.657. The van der Waals surface area contributed by atoms with Gasteiger partial charge in [0.25, 0.3) is 0 Å². The Hall–Kier alpha value is -2.24. The minimum Gasteiger partial charge on any atom is -0.384 e. The molecule has 70 valence electrons. The third-order valence-electron chi connectivity index (χ3n) is 1.58. The Morgan fingerprint density at radius 2 is 1.79 bits per heavy atom. The van der Waals surface area contributed by atoms with Crippen molar-refractivity contribution in [1.82, 2.24) is 19.9 Å². The number of nitrogen functional groups attached to an aromatic ring is 2. The molecule has 6 heteroatoms. The molecule has 2 aromatic rings. The van der Waals surface area contributed by atoms with Gasteiger partial charge >= 0.3 is 0 Å². The predicted molar refractivity (Wildman–Crippen MR) is 51.9 cm³/mol. The molecule has 0 fully saturated rings. The summed E-state index contributed by atoms with van der Waals surface area (Å²) in [5.74, 6) is 1.06. The lowest BCUT2D eigenvalue weighted by Crippen LogP contribution is -2.00. The number of aromatic nitrogens is 4. The summed E-state index contributed by atoms with van der Waals surface area (Å²) >= 11 is 0. The van der Waals surface area contributed by atoms with Gasteiger partial charge in [-0.2, -0.15) is 0 Å². The molecular formula is C8H8N6. The monoisotopic (exact) mass is 188 g/mol. The second kappa shape index (κ2) is 3.25. The van der Waals surface area contributed by atoms with Gasteiger partial charge in [-0.3, -0.25) is 0 Å². The average Bonchev–Trinajstić information content (AvgIpc) is 2.18. The number of nitrogens with two attached hydrogens (primary N) is 2. The van der Waals surface area contributed by atoms with Gasteiger partial charge in [0.05, 0.1) is 0 Å². The van der Waals surface area contributed by atoms with Gasteiger partial charge in [0.15, 0.2) is 5.82 Å². The standard InChI is InChI=1S/C8H8N6/c9-6-3-7(10)14-8(13-6)5-1-2-11-4-12-5/h1-4H,(H4,9,10,13,14). The van der Waals surface area contributed by atoms with Crippen molar-refractivity contribution in [1.29, 1.82) is 0 Å². The highest BCUT2D eigenvalue weighted by Gasteiger charge is 2.03. The second-order valence-electron chi connectivity index (χ2n) is 2.64. The molecule has 0 unspecified atom stereocenters. The number of hydrogen-bond acceptors (Lipinski definition) is 6. The molecule has 0 aliphatic carbocycles. The van der Waals surface area contributed by atoms with Crippen molar-refractivity contribution in [2.75, 3.05) is 11.5 Å². The second-order valence-corrected chi connectivity index (χ2v) is 2.64. The normalized spacial score (nSPS) is 10.0. The highest BCUT2D eigenvalue weighted by Crippen LogP contribution is 2.13. The van der Waals surface area contributed by atoms with Gasteiger partial charge in [0.1, 0.15) is 23.7 Å².